The van der Waals surface area contributed by atoms with Gasteiger partial charge in [0.2, 0.25) is 0 Å². The van der Waals surface area contributed by atoms with Gasteiger partial charge in [0, 0.05) is 76.8 Å². The molecule has 5 aliphatic carbocycles. The second-order valence-electron chi connectivity index (χ2n) is 25.9. The van der Waals surface area contributed by atoms with Gasteiger partial charge in [0.15, 0.2) is 0 Å². The maximum absolute atomic E-state index is 7.13. The van der Waals surface area contributed by atoms with E-state index < -0.39 is 0 Å². The van der Waals surface area contributed by atoms with Gasteiger partial charge in [-0.15, -0.1) is 0 Å². The van der Waals surface area contributed by atoms with Crippen molar-refractivity contribution in [1.29, 1.82) is 0 Å². The van der Waals surface area contributed by atoms with Gasteiger partial charge in [-0.05, 0) is 149 Å². The Labute approximate surface area is 455 Å². The minimum Gasteiger partial charge on any atom is -0.455 e. The van der Waals surface area contributed by atoms with E-state index in [9.17, 15) is 0 Å². The highest BCUT2D eigenvalue weighted by atomic mass is 16.3. The zero-order valence-electron chi connectivity index (χ0n) is 46.0. The van der Waals surface area contributed by atoms with Gasteiger partial charge >= 0.3 is 0 Å². The summed E-state index contributed by atoms with van der Waals surface area (Å²) in [6.45, 7) is 24.4. The van der Waals surface area contributed by atoms with Gasteiger partial charge in [0.1, 0.15) is 22.3 Å². The summed E-state index contributed by atoms with van der Waals surface area (Å²) in [6, 6.07) is 66.4. The number of fused-ring (bicyclic) bond motifs is 27. The highest BCUT2D eigenvalue weighted by molar-refractivity contribution is 6.22. The summed E-state index contributed by atoms with van der Waals surface area (Å²) in [5.41, 5.74) is 32.5. The average molecular weight is 1010 g/mol. The molecule has 2 aromatic heterocycles. The summed E-state index contributed by atoms with van der Waals surface area (Å²) in [4.78, 5) is 2.56. The van der Waals surface area contributed by atoms with E-state index in [1.165, 1.54) is 133 Å². The van der Waals surface area contributed by atoms with E-state index in [1.54, 1.807) is 0 Å². The molecule has 0 saturated carbocycles. The fraction of sp³-hybridized carbons (Fsp3) is 0.200. The first kappa shape index (κ1) is 44.7. The molecular weight excluding hydrogens is 947 g/mol. The zero-order valence-corrected chi connectivity index (χ0v) is 46.0. The van der Waals surface area contributed by atoms with Crippen LogP contribution in [-0.4, -0.2) is 0 Å². The van der Waals surface area contributed by atoms with E-state index in [0.29, 0.717) is 0 Å². The molecule has 0 fully saturated rings. The first-order valence-corrected chi connectivity index (χ1v) is 28.1. The van der Waals surface area contributed by atoms with E-state index in [0.717, 1.165) is 39.4 Å². The van der Waals surface area contributed by atoms with Crippen molar-refractivity contribution in [3.8, 4) is 55.6 Å². The molecule has 0 spiro atoms. The molecule has 12 aromatic rings. The van der Waals surface area contributed by atoms with Gasteiger partial charge in [-0.25, -0.2) is 0 Å². The maximum atomic E-state index is 7.13. The van der Waals surface area contributed by atoms with Gasteiger partial charge in [-0.1, -0.05) is 197 Å². The van der Waals surface area contributed by atoms with Crippen molar-refractivity contribution >= 4 is 60.9 Å². The second kappa shape index (κ2) is 14.2. The van der Waals surface area contributed by atoms with Crippen LogP contribution in [0.5, 0.6) is 0 Å². The Balaban J connectivity index is 0.913. The summed E-state index contributed by atoms with van der Waals surface area (Å²) < 4.78 is 14.3. The highest BCUT2D eigenvalue weighted by Gasteiger charge is 2.51. The fourth-order valence-electron chi connectivity index (χ4n) is 16.6. The van der Waals surface area contributed by atoms with Crippen molar-refractivity contribution < 1.29 is 8.83 Å². The predicted octanol–water partition coefficient (Wildman–Crippen LogP) is 20.5. The minimum atomic E-state index is -0.366. The van der Waals surface area contributed by atoms with Crippen LogP contribution in [-0.2, 0) is 27.1 Å². The Morgan fingerprint density at radius 3 is 1.04 bits per heavy atom. The second-order valence-corrected chi connectivity index (χ2v) is 25.9. The summed E-state index contributed by atoms with van der Waals surface area (Å²) in [7, 11) is 0. The summed E-state index contributed by atoms with van der Waals surface area (Å²) >= 11 is 0. The Kier molecular flexibility index (Phi) is 8.14. The largest absolute Gasteiger partial charge is 0.455 e. The van der Waals surface area contributed by atoms with Crippen LogP contribution in [0, 0.1) is 0 Å². The molecule has 2 heterocycles. The highest BCUT2D eigenvalue weighted by Crippen LogP contribution is 2.66. The lowest BCUT2D eigenvalue weighted by Crippen LogP contribution is -2.24. The van der Waals surface area contributed by atoms with Gasteiger partial charge in [-0.2, -0.15) is 0 Å². The van der Waals surface area contributed by atoms with Crippen molar-refractivity contribution in [2.75, 3.05) is 4.90 Å². The van der Waals surface area contributed by atoms with Crippen molar-refractivity contribution in [2.45, 2.75) is 96.3 Å². The van der Waals surface area contributed by atoms with Crippen LogP contribution in [0.25, 0.3) is 99.5 Å². The van der Waals surface area contributed by atoms with Gasteiger partial charge < -0.3 is 13.7 Å². The molecule has 0 amide bonds. The Bertz CT molecular complexity index is 4520. The molecule has 0 aliphatic heterocycles. The Morgan fingerprint density at radius 2 is 0.590 bits per heavy atom. The summed E-state index contributed by atoms with van der Waals surface area (Å²) in [6.07, 6.45) is 0. The van der Waals surface area contributed by atoms with Crippen LogP contribution in [0.1, 0.15) is 125 Å². The third-order valence-electron chi connectivity index (χ3n) is 20.1. The molecule has 17 rings (SSSR count). The molecule has 0 unspecified atom stereocenters. The number of nitrogens with zero attached hydrogens (tertiary/aromatic N) is 1. The lowest BCUT2D eigenvalue weighted by atomic mass is 9.72. The molecule has 0 bridgehead atoms. The van der Waals surface area contributed by atoms with Crippen molar-refractivity contribution in [1.82, 2.24) is 0 Å². The molecule has 5 aliphatic rings. The molecular formula is C75H59NO2. The van der Waals surface area contributed by atoms with E-state index in [2.05, 4.69) is 250 Å². The maximum Gasteiger partial charge on any atom is 0.144 e. The molecule has 0 saturated heterocycles. The van der Waals surface area contributed by atoms with Gasteiger partial charge in [0.05, 0.1) is 0 Å². The number of hydrogen-bond donors (Lipinski definition) is 0. The number of furan rings is 2. The molecule has 3 nitrogen and oxygen atoms in total. The molecule has 376 valence electrons. The molecule has 0 radical (unpaired) electrons. The topological polar surface area (TPSA) is 29.5 Å². The standard InChI is InChI=1S/C75H59NO2/c1-71(2)51-26-16-11-21-43(51)44-34-31-40(37-54(44)71)76(41-32-35-47-55(38-41)74(7,8)67-63(47)69-61(49-24-14-19-29-57(49)77-69)59-45-22-12-17-27-52(45)72(3,4)65(59)67)42-33-36-48-56(39-42)75(9,10)68-64(48)70-62(50-25-15-20-30-58(50)78-70)60-46-23-13-18-28-53(46)73(5,6)66(60)68/h11-39H,1-10H3. The normalized spacial score (nSPS) is 17.1. The van der Waals surface area contributed by atoms with Crippen LogP contribution in [0.2, 0.25) is 0 Å². The fourth-order valence-corrected chi connectivity index (χ4v) is 16.6. The number of hydrogen-bond acceptors (Lipinski definition) is 3. The third-order valence-corrected chi connectivity index (χ3v) is 20.1. The first-order chi connectivity index (χ1) is 37.5. The summed E-state index contributed by atoms with van der Waals surface area (Å²) in [5, 5.41) is 4.81. The van der Waals surface area contributed by atoms with E-state index in [1.807, 2.05) is 0 Å². The predicted molar refractivity (Wildman–Crippen MR) is 324 cm³/mol. The molecule has 78 heavy (non-hydrogen) atoms. The number of para-hydroxylation sites is 2. The number of benzene rings is 10. The lowest BCUT2D eigenvalue weighted by molar-refractivity contribution is 0.600. The van der Waals surface area contributed by atoms with Gasteiger partial charge in [0.25, 0.3) is 0 Å². The van der Waals surface area contributed by atoms with Crippen LogP contribution in [0.4, 0.5) is 17.1 Å². The lowest BCUT2D eigenvalue weighted by Gasteiger charge is -2.33. The van der Waals surface area contributed by atoms with E-state index >= 15 is 0 Å². The minimum absolute atomic E-state index is 0.178. The van der Waals surface area contributed by atoms with Gasteiger partial charge in [-0.3, -0.25) is 0 Å². The summed E-state index contributed by atoms with van der Waals surface area (Å²) in [5.74, 6) is 0. The smallest absolute Gasteiger partial charge is 0.144 e. The molecule has 0 atom stereocenters. The zero-order chi connectivity index (χ0) is 52.9. The number of anilines is 3. The van der Waals surface area contributed by atoms with E-state index in [4.69, 9.17) is 8.83 Å². The van der Waals surface area contributed by atoms with Crippen molar-refractivity contribution in [3.63, 3.8) is 0 Å². The monoisotopic (exact) mass is 1010 g/mol. The third kappa shape index (κ3) is 5.14. The molecule has 0 N–H and O–H groups in total. The van der Waals surface area contributed by atoms with Crippen molar-refractivity contribution in [2.24, 2.45) is 0 Å². The molecule has 10 aromatic carbocycles. The SMILES string of the molecule is CC1(C)c2ccccc2-c2ccc(N(c3ccc4c(c3)C(C)(C)c3c5c(c6c(oc7ccccc76)c3-4)-c3ccccc3C5(C)C)c3ccc4c(c3)C(C)(C)c3c5c(c6c(oc7ccccc76)c3-4)-c3ccccc3C5(C)C)cc21. The van der Waals surface area contributed by atoms with Crippen LogP contribution in [0.3, 0.4) is 0 Å². The van der Waals surface area contributed by atoms with E-state index in [-0.39, 0.29) is 27.1 Å². The van der Waals surface area contributed by atoms with Crippen molar-refractivity contribution in [3.05, 3.63) is 232 Å². The average Bonchev–Trinajstić information content (AvgIpc) is 3.59. The quantitative estimate of drug-likeness (QED) is 0.177. The van der Waals surface area contributed by atoms with Crippen LogP contribution < -0.4 is 4.90 Å². The van der Waals surface area contributed by atoms with Crippen LogP contribution >= 0.6 is 0 Å². The Hall–Kier alpha value is -8.40. The number of rotatable bonds is 3. The Morgan fingerprint density at radius 1 is 0.282 bits per heavy atom. The van der Waals surface area contributed by atoms with Crippen LogP contribution in [0.15, 0.2) is 185 Å². The molecule has 3 heteroatoms. The first-order valence-electron chi connectivity index (χ1n) is 28.1.